The lowest BCUT2D eigenvalue weighted by molar-refractivity contribution is -0.145. The number of nitrogens with zero attached hydrogens (tertiary/aromatic N) is 1. The topological polar surface area (TPSA) is 50.8 Å². The maximum Gasteiger partial charge on any atom is 0.317 e. The summed E-state index contributed by atoms with van der Waals surface area (Å²) in [6.07, 6.45) is 1.72. The van der Waals surface area contributed by atoms with Crippen molar-refractivity contribution in [2.75, 3.05) is 32.9 Å². The average molecular weight is 340 g/mol. The molecule has 25 heavy (non-hydrogen) atoms. The Kier molecular flexibility index (Phi) is 4.59. The second kappa shape index (κ2) is 7.02. The quantitative estimate of drug-likeness (QED) is 0.914. The lowest BCUT2D eigenvalue weighted by atomic mass is 9.92. The van der Waals surface area contributed by atoms with Crippen molar-refractivity contribution in [3.05, 3.63) is 48.0 Å². The fourth-order valence-corrected chi connectivity index (χ4v) is 3.79. The van der Waals surface area contributed by atoms with Crippen LogP contribution in [0.1, 0.15) is 18.4 Å². The molecule has 0 atom stereocenters. The van der Waals surface area contributed by atoms with Crippen LogP contribution in [0.15, 0.2) is 42.5 Å². The van der Waals surface area contributed by atoms with Crippen LogP contribution in [-0.4, -0.2) is 49.4 Å². The van der Waals surface area contributed by atoms with Gasteiger partial charge in [-0.3, -0.25) is 0 Å². The van der Waals surface area contributed by atoms with Gasteiger partial charge in [-0.05, 0) is 16.3 Å². The highest BCUT2D eigenvalue weighted by atomic mass is 16.5. The summed E-state index contributed by atoms with van der Waals surface area (Å²) in [5.74, 6) is 0. The van der Waals surface area contributed by atoms with Crippen LogP contribution < -0.4 is 5.32 Å². The van der Waals surface area contributed by atoms with Crippen molar-refractivity contribution in [1.29, 1.82) is 0 Å². The molecular weight excluding hydrogens is 316 g/mol. The maximum absolute atomic E-state index is 12.7. The first-order valence-electron chi connectivity index (χ1n) is 8.97. The molecule has 2 amide bonds. The molecule has 2 fully saturated rings. The number of hydrogen-bond acceptors (Lipinski definition) is 3. The fourth-order valence-electron chi connectivity index (χ4n) is 3.79. The van der Waals surface area contributed by atoms with Crippen molar-refractivity contribution in [1.82, 2.24) is 10.2 Å². The summed E-state index contributed by atoms with van der Waals surface area (Å²) < 4.78 is 11.4. The fraction of sp³-hybridized carbons (Fsp3) is 0.450. The number of carbonyl (C=O) groups is 1. The number of urea groups is 1. The van der Waals surface area contributed by atoms with Crippen LogP contribution in [0.4, 0.5) is 4.79 Å². The molecule has 132 valence electrons. The molecule has 4 rings (SSSR count). The zero-order valence-electron chi connectivity index (χ0n) is 14.4. The smallest absolute Gasteiger partial charge is 0.317 e. The molecule has 0 bridgehead atoms. The van der Waals surface area contributed by atoms with Gasteiger partial charge in [-0.25, -0.2) is 4.79 Å². The van der Waals surface area contributed by atoms with E-state index in [4.69, 9.17) is 9.47 Å². The zero-order valence-corrected chi connectivity index (χ0v) is 14.4. The third-order valence-corrected chi connectivity index (χ3v) is 5.25. The zero-order chi connectivity index (χ0) is 17.1. The molecule has 2 aromatic rings. The number of hydrogen-bond donors (Lipinski definition) is 1. The molecular formula is C20H24N2O3. The third-order valence-electron chi connectivity index (χ3n) is 5.25. The second-order valence-electron chi connectivity index (χ2n) is 6.86. The lowest BCUT2D eigenvalue weighted by Crippen LogP contribution is -2.57. The van der Waals surface area contributed by atoms with Crippen molar-refractivity contribution >= 4 is 16.8 Å². The third kappa shape index (κ3) is 3.48. The van der Waals surface area contributed by atoms with Gasteiger partial charge < -0.3 is 19.7 Å². The minimum atomic E-state index is -0.215. The van der Waals surface area contributed by atoms with Crippen molar-refractivity contribution in [3.8, 4) is 0 Å². The van der Waals surface area contributed by atoms with E-state index >= 15 is 0 Å². The van der Waals surface area contributed by atoms with Gasteiger partial charge >= 0.3 is 6.03 Å². The number of carbonyl (C=O) groups excluding carboxylic acids is 1. The molecule has 0 aliphatic carbocycles. The number of nitrogens with one attached hydrogen (secondary N) is 1. The molecule has 0 saturated carbocycles. The molecule has 2 saturated heterocycles. The van der Waals surface area contributed by atoms with Crippen molar-refractivity contribution in [2.45, 2.75) is 25.0 Å². The molecule has 0 radical (unpaired) electrons. The van der Waals surface area contributed by atoms with Gasteiger partial charge in [0.2, 0.25) is 0 Å². The molecule has 1 N–H and O–H groups in total. The second-order valence-corrected chi connectivity index (χ2v) is 6.86. The minimum Gasteiger partial charge on any atom is -0.381 e. The Morgan fingerprint density at radius 3 is 2.76 bits per heavy atom. The van der Waals surface area contributed by atoms with E-state index in [1.165, 1.54) is 10.8 Å². The van der Waals surface area contributed by atoms with E-state index in [1.807, 2.05) is 23.1 Å². The van der Waals surface area contributed by atoms with Gasteiger partial charge in [0.05, 0.1) is 18.8 Å². The van der Waals surface area contributed by atoms with E-state index in [2.05, 4.69) is 29.6 Å². The standard InChI is InChI=1S/C20H24N2O3/c23-19(22-10-13-25-20(15-22)8-11-24-12-9-20)21-14-17-6-3-5-16-4-1-2-7-18(16)17/h1-7H,8-15H2,(H,21,23). The van der Waals surface area contributed by atoms with Gasteiger partial charge in [0.25, 0.3) is 0 Å². The number of rotatable bonds is 2. The maximum atomic E-state index is 12.7. The Labute approximate surface area is 147 Å². The van der Waals surface area contributed by atoms with Gasteiger partial charge in [-0.1, -0.05) is 42.5 Å². The van der Waals surface area contributed by atoms with Crippen LogP contribution in [-0.2, 0) is 16.0 Å². The largest absolute Gasteiger partial charge is 0.381 e. The van der Waals surface area contributed by atoms with Crippen molar-refractivity contribution in [3.63, 3.8) is 0 Å². The van der Waals surface area contributed by atoms with E-state index < -0.39 is 0 Å². The Morgan fingerprint density at radius 1 is 1.08 bits per heavy atom. The number of amides is 2. The van der Waals surface area contributed by atoms with Crippen LogP contribution >= 0.6 is 0 Å². The lowest BCUT2D eigenvalue weighted by Gasteiger charge is -2.44. The van der Waals surface area contributed by atoms with E-state index in [9.17, 15) is 4.79 Å². The highest BCUT2D eigenvalue weighted by Crippen LogP contribution is 2.29. The van der Waals surface area contributed by atoms with Crippen LogP contribution in [0, 0.1) is 0 Å². The van der Waals surface area contributed by atoms with Gasteiger partial charge in [0, 0.05) is 39.1 Å². The molecule has 2 aliphatic heterocycles. The molecule has 2 heterocycles. The summed E-state index contributed by atoms with van der Waals surface area (Å²) in [7, 11) is 0. The molecule has 0 aromatic heterocycles. The molecule has 1 spiro atoms. The summed E-state index contributed by atoms with van der Waals surface area (Å²) >= 11 is 0. The predicted molar refractivity (Wildman–Crippen MR) is 96.5 cm³/mol. The number of ether oxygens (including phenoxy) is 2. The van der Waals surface area contributed by atoms with E-state index in [1.54, 1.807) is 0 Å². The van der Waals surface area contributed by atoms with Crippen molar-refractivity contribution in [2.24, 2.45) is 0 Å². The summed E-state index contributed by atoms with van der Waals surface area (Å²) in [4.78, 5) is 14.6. The minimum absolute atomic E-state index is 0.0119. The number of benzene rings is 2. The molecule has 2 aromatic carbocycles. The Bertz CT molecular complexity index is 745. The summed E-state index contributed by atoms with van der Waals surface area (Å²) in [6, 6.07) is 14.5. The summed E-state index contributed by atoms with van der Waals surface area (Å²) in [6.45, 7) is 3.86. The normalized spacial score (nSPS) is 19.9. The van der Waals surface area contributed by atoms with Crippen LogP contribution in [0.3, 0.4) is 0 Å². The number of fused-ring (bicyclic) bond motifs is 1. The van der Waals surface area contributed by atoms with E-state index in [0.717, 1.165) is 18.4 Å². The summed E-state index contributed by atoms with van der Waals surface area (Å²) in [5, 5.41) is 5.47. The van der Waals surface area contributed by atoms with E-state index in [-0.39, 0.29) is 11.6 Å². The highest BCUT2D eigenvalue weighted by Gasteiger charge is 2.39. The van der Waals surface area contributed by atoms with Gasteiger partial charge in [-0.2, -0.15) is 0 Å². The predicted octanol–water partition coefficient (Wildman–Crippen LogP) is 2.93. The SMILES string of the molecule is O=C(NCc1cccc2ccccc12)N1CCOC2(CCOCC2)C1. The first-order chi connectivity index (χ1) is 12.3. The highest BCUT2D eigenvalue weighted by molar-refractivity contribution is 5.86. The van der Waals surface area contributed by atoms with Gasteiger partial charge in [0.1, 0.15) is 0 Å². The molecule has 2 aliphatic rings. The molecule has 5 heteroatoms. The average Bonchev–Trinajstić information content (AvgIpc) is 2.66. The van der Waals surface area contributed by atoms with Crippen molar-refractivity contribution < 1.29 is 14.3 Å². The van der Waals surface area contributed by atoms with Crippen LogP contribution in [0.5, 0.6) is 0 Å². The first-order valence-corrected chi connectivity index (χ1v) is 8.97. The molecule has 0 unspecified atom stereocenters. The Hall–Kier alpha value is -2.11. The number of morpholine rings is 1. The first kappa shape index (κ1) is 16.4. The van der Waals surface area contributed by atoms with Gasteiger partial charge in [-0.15, -0.1) is 0 Å². The van der Waals surface area contributed by atoms with Crippen LogP contribution in [0.25, 0.3) is 10.8 Å². The Morgan fingerprint density at radius 2 is 1.88 bits per heavy atom. The van der Waals surface area contributed by atoms with E-state index in [0.29, 0.717) is 39.5 Å². The van der Waals surface area contributed by atoms with Gasteiger partial charge in [0.15, 0.2) is 0 Å². The summed E-state index contributed by atoms with van der Waals surface area (Å²) in [5.41, 5.74) is 0.924. The van der Waals surface area contributed by atoms with Crippen LogP contribution in [0.2, 0.25) is 0 Å². The monoisotopic (exact) mass is 340 g/mol. The molecule has 5 nitrogen and oxygen atoms in total. The Balaban J connectivity index is 1.41.